The molecule has 7 atom stereocenters. The molecule has 1 aromatic rings. The van der Waals surface area contributed by atoms with Crippen molar-refractivity contribution in [3.63, 3.8) is 0 Å². The first kappa shape index (κ1) is 22.3. The van der Waals surface area contributed by atoms with E-state index in [1.165, 1.54) is 11.6 Å². The molecule has 5 nitrogen and oxygen atoms in total. The number of aliphatic carboxylic acids is 1. The summed E-state index contributed by atoms with van der Waals surface area (Å²) < 4.78 is 18.5. The fourth-order valence-corrected chi connectivity index (χ4v) is 5.22. The van der Waals surface area contributed by atoms with Gasteiger partial charge in [-0.3, -0.25) is 0 Å². The molecular weight excluding hydrogens is 392 g/mol. The molecule has 0 amide bonds. The van der Waals surface area contributed by atoms with Crippen LogP contribution in [0.1, 0.15) is 56.9 Å². The predicted octanol–water partition coefficient (Wildman–Crippen LogP) is 5.08. The van der Waals surface area contributed by atoms with Crippen LogP contribution in [0.5, 0.6) is 0 Å². The van der Waals surface area contributed by atoms with Crippen LogP contribution in [0.4, 0.5) is 0 Å². The molecule has 3 saturated heterocycles. The van der Waals surface area contributed by atoms with Gasteiger partial charge in [0.1, 0.15) is 0 Å². The Hall–Kier alpha value is -1.95. The Bertz CT molecular complexity index is 767. The lowest BCUT2D eigenvalue weighted by Crippen LogP contribution is -2.30. The van der Waals surface area contributed by atoms with E-state index in [-0.39, 0.29) is 30.5 Å². The number of hydrogen-bond acceptors (Lipinski definition) is 4. The number of carboxylic acid groups (broad SMARTS) is 1. The summed E-state index contributed by atoms with van der Waals surface area (Å²) in [7, 11) is 0. The summed E-state index contributed by atoms with van der Waals surface area (Å²) in [6, 6.07) is 10.5. The van der Waals surface area contributed by atoms with Crippen molar-refractivity contribution in [2.75, 3.05) is 6.61 Å². The second-order valence-electron chi connectivity index (χ2n) is 8.99. The molecule has 3 fully saturated rings. The number of allylic oxidation sites excluding steroid dienone is 1. The zero-order valence-corrected chi connectivity index (χ0v) is 18.3. The van der Waals surface area contributed by atoms with Gasteiger partial charge in [-0.1, -0.05) is 55.5 Å². The number of benzene rings is 1. The van der Waals surface area contributed by atoms with Crippen molar-refractivity contribution in [2.24, 2.45) is 11.8 Å². The van der Waals surface area contributed by atoms with Gasteiger partial charge in [0.05, 0.1) is 18.3 Å². The maximum atomic E-state index is 10.9. The van der Waals surface area contributed by atoms with Gasteiger partial charge in [0.25, 0.3) is 0 Å². The van der Waals surface area contributed by atoms with E-state index >= 15 is 0 Å². The third-order valence-corrected chi connectivity index (χ3v) is 6.94. The average molecular weight is 427 g/mol. The lowest BCUT2D eigenvalue weighted by Gasteiger charge is -2.30. The summed E-state index contributed by atoms with van der Waals surface area (Å²) in [5, 5.41) is 8.93. The fraction of sp³-hybridized carbons (Fsp3) is 0.577. The number of carbonyl (C=O) groups is 1. The maximum absolute atomic E-state index is 10.9. The van der Waals surface area contributed by atoms with E-state index < -0.39 is 5.97 Å². The predicted molar refractivity (Wildman–Crippen MR) is 119 cm³/mol. The van der Waals surface area contributed by atoms with Crippen LogP contribution in [0.15, 0.2) is 54.6 Å². The fourth-order valence-electron chi connectivity index (χ4n) is 5.22. The minimum absolute atomic E-state index is 0.0835. The van der Waals surface area contributed by atoms with Crippen LogP contribution in [-0.2, 0) is 19.0 Å². The van der Waals surface area contributed by atoms with Crippen LogP contribution in [0.2, 0.25) is 0 Å². The van der Waals surface area contributed by atoms with Gasteiger partial charge in [0.2, 0.25) is 0 Å². The van der Waals surface area contributed by atoms with Crippen molar-refractivity contribution in [2.45, 2.75) is 76.0 Å². The zero-order valence-electron chi connectivity index (χ0n) is 18.3. The van der Waals surface area contributed by atoms with Gasteiger partial charge in [-0.25, -0.2) is 4.79 Å². The third-order valence-electron chi connectivity index (χ3n) is 6.94. The van der Waals surface area contributed by atoms with Crippen LogP contribution < -0.4 is 0 Å². The van der Waals surface area contributed by atoms with E-state index in [1.54, 1.807) is 6.08 Å². The highest BCUT2D eigenvalue weighted by atomic mass is 16.7. The molecule has 0 radical (unpaired) electrons. The van der Waals surface area contributed by atoms with E-state index in [4.69, 9.17) is 19.3 Å². The van der Waals surface area contributed by atoms with E-state index in [2.05, 4.69) is 43.3 Å². The van der Waals surface area contributed by atoms with Crippen molar-refractivity contribution in [3.8, 4) is 0 Å². The Morgan fingerprint density at radius 1 is 1.19 bits per heavy atom. The van der Waals surface area contributed by atoms with Gasteiger partial charge in [-0.05, 0) is 50.0 Å². The van der Waals surface area contributed by atoms with Crippen molar-refractivity contribution in [1.29, 1.82) is 0 Å². The summed E-state index contributed by atoms with van der Waals surface area (Å²) in [5.74, 6) is -0.0793. The smallest absolute Gasteiger partial charge is 0.327 e. The van der Waals surface area contributed by atoms with E-state index in [0.29, 0.717) is 11.8 Å². The quantitative estimate of drug-likeness (QED) is 0.440. The van der Waals surface area contributed by atoms with E-state index in [1.807, 2.05) is 6.07 Å². The summed E-state index contributed by atoms with van der Waals surface area (Å²) in [6.07, 6.45) is 13.8. The number of ether oxygens (including phenoxy) is 3. The highest BCUT2D eigenvalue weighted by Gasteiger charge is 2.47. The van der Waals surface area contributed by atoms with Crippen molar-refractivity contribution < 1.29 is 24.1 Å². The third kappa shape index (κ3) is 5.65. The second-order valence-corrected chi connectivity index (χ2v) is 8.99. The molecule has 1 N–H and O–H groups in total. The van der Waals surface area contributed by atoms with Crippen molar-refractivity contribution in [3.05, 3.63) is 60.2 Å². The summed E-state index contributed by atoms with van der Waals surface area (Å²) in [6.45, 7) is 2.97. The molecule has 3 aliphatic rings. The molecular formula is C26H34O5. The molecule has 5 heteroatoms. The van der Waals surface area contributed by atoms with Crippen LogP contribution in [0.3, 0.4) is 0 Å². The van der Waals surface area contributed by atoms with Gasteiger partial charge in [-0.15, -0.1) is 0 Å². The normalized spacial score (nSPS) is 32.6. The minimum atomic E-state index is -0.895. The van der Waals surface area contributed by atoms with Gasteiger partial charge in [-0.2, -0.15) is 0 Å². The lowest BCUT2D eigenvalue weighted by atomic mass is 9.77. The minimum Gasteiger partial charge on any atom is -0.478 e. The Morgan fingerprint density at radius 2 is 2.00 bits per heavy atom. The Kier molecular flexibility index (Phi) is 7.59. The van der Waals surface area contributed by atoms with Gasteiger partial charge in [0.15, 0.2) is 6.29 Å². The van der Waals surface area contributed by atoms with Crippen LogP contribution in [0.25, 0.3) is 0 Å². The Morgan fingerprint density at radius 3 is 2.74 bits per heavy atom. The number of rotatable bonds is 9. The molecule has 1 aromatic carbocycles. The molecule has 0 aliphatic carbocycles. The van der Waals surface area contributed by atoms with Gasteiger partial charge >= 0.3 is 5.97 Å². The van der Waals surface area contributed by atoms with Gasteiger partial charge in [0, 0.05) is 24.5 Å². The van der Waals surface area contributed by atoms with E-state index in [9.17, 15) is 4.79 Å². The first-order chi connectivity index (χ1) is 15.1. The van der Waals surface area contributed by atoms with Crippen LogP contribution in [-0.4, -0.2) is 42.3 Å². The van der Waals surface area contributed by atoms with E-state index in [0.717, 1.165) is 45.1 Å². The highest BCUT2D eigenvalue weighted by Crippen LogP contribution is 2.46. The number of hydrogen-bond donors (Lipinski definition) is 1. The standard InChI is InChI=1S/C26H34O5/c1-18(19-8-3-2-4-9-19)22(31-26-12-5-6-17-29-26)14-13-21-20(10-7-11-25(27)28)23-15-16-24(21)30-23/h2-4,7-9,11,13-14,18,20-24,26H,5-6,10,12,15-17H2,1H3,(H,27,28)/t18?,20-,21+,22?,23-,24-,26?/m0/s1. The molecule has 3 aliphatic heterocycles. The lowest BCUT2D eigenvalue weighted by molar-refractivity contribution is -0.181. The summed E-state index contributed by atoms with van der Waals surface area (Å²) >= 11 is 0. The van der Waals surface area contributed by atoms with Crippen molar-refractivity contribution in [1.82, 2.24) is 0 Å². The Labute approximate surface area is 185 Å². The zero-order chi connectivity index (χ0) is 21.6. The van der Waals surface area contributed by atoms with Crippen molar-refractivity contribution >= 4 is 5.97 Å². The van der Waals surface area contributed by atoms with Gasteiger partial charge < -0.3 is 19.3 Å². The molecule has 2 bridgehead atoms. The Balaban J connectivity index is 1.49. The molecule has 0 aromatic heterocycles. The molecule has 3 unspecified atom stereocenters. The molecule has 168 valence electrons. The largest absolute Gasteiger partial charge is 0.478 e. The summed E-state index contributed by atoms with van der Waals surface area (Å²) in [5.41, 5.74) is 1.25. The molecule has 4 rings (SSSR count). The SMILES string of the molecule is CC(c1ccccc1)C(C=C[C@@H]1[C@H](CC=CC(=O)O)[C@@H]2CC[C@@H]1O2)OC1CCCCO1. The van der Waals surface area contributed by atoms with Crippen LogP contribution in [0, 0.1) is 11.8 Å². The average Bonchev–Trinajstić information content (AvgIpc) is 3.39. The number of fused-ring (bicyclic) bond motifs is 2. The molecule has 0 spiro atoms. The maximum Gasteiger partial charge on any atom is 0.327 e. The molecule has 3 heterocycles. The number of carboxylic acids is 1. The first-order valence-electron chi connectivity index (χ1n) is 11.7. The monoisotopic (exact) mass is 426 g/mol. The second kappa shape index (κ2) is 10.6. The summed E-state index contributed by atoms with van der Waals surface area (Å²) in [4.78, 5) is 10.9. The molecule has 0 saturated carbocycles. The van der Waals surface area contributed by atoms with Crippen LogP contribution >= 0.6 is 0 Å². The topological polar surface area (TPSA) is 65.0 Å². The highest BCUT2D eigenvalue weighted by molar-refractivity contribution is 5.79. The molecule has 31 heavy (non-hydrogen) atoms. The first-order valence-corrected chi connectivity index (χ1v) is 11.7.